The van der Waals surface area contributed by atoms with Crippen LogP contribution in [0.25, 0.3) is 0 Å². The van der Waals surface area contributed by atoms with E-state index in [-0.39, 0.29) is 12.1 Å². The molecule has 1 rings (SSSR count). The molecule has 0 atom stereocenters. The van der Waals surface area contributed by atoms with Crippen molar-refractivity contribution in [3.63, 3.8) is 0 Å². The monoisotopic (exact) mass is 250 g/mol. The Kier molecular flexibility index (Phi) is 3.43. The number of H-pyrrole nitrogens is 1. The van der Waals surface area contributed by atoms with Crippen LogP contribution in [0.2, 0.25) is 0 Å². The lowest BCUT2D eigenvalue weighted by atomic mass is 10.3. The zero-order valence-corrected chi connectivity index (χ0v) is 9.12. The number of halogens is 3. The smallest absolute Gasteiger partial charge is 0.254 e. The summed E-state index contributed by atoms with van der Waals surface area (Å²) in [4.78, 5) is 14.1. The number of nitriles is 1. The molecule has 0 fully saturated rings. The van der Waals surface area contributed by atoms with Crippen LogP contribution in [-0.2, 0) is 6.42 Å². The van der Waals surface area contributed by atoms with Gasteiger partial charge in [0.1, 0.15) is 0 Å². The van der Waals surface area contributed by atoms with E-state index in [1.54, 1.807) is 6.07 Å². The SMILES string of the molecule is N#CCc1ccc(C(=O)C(Cl)(Cl)Cl)[nH]1. The molecule has 1 heterocycles. The molecule has 0 aromatic carbocycles. The Labute approximate surface area is 95.6 Å². The predicted molar refractivity (Wildman–Crippen MR) is 54.7 cm³/mol. The summed E-state index contributed by atoms with van der Waals surface area (Å²) in [7, 11) is 0. The summed E-state index contributed by atoms with van der Waals surface area (Å²) < 4.78 is -1.96. The van der Waals surface area contributed by atoms with Crippen LogP contribution in [0.15, 0.2) is 12.1 Å². The molecule has 0 amide bonds. The molecule has 74 valence electrons. The fraction of sp³-hybridized carbons (Fsp3) is 0.250. The Balaban J connectivity index is 2.88. The predicted octanol–water partition coefficient (Wildman–Crippen LogP) is 2.63. The van der Waals surface area contributed by atoms with Crippen LogP contribution >= 0.6 is 34.8 Å². The fourth-order valence-electron chi connectivity index (χ4n) is 0.914. The third kappa shape index (κ3) is 2.65. The summed E-state index contributed by atoms with van der Waals surface area (Å²) >= 11 is 16.2. The molecular weight excluding hydrogens is 246 g/mol. The van der Waals surface area contributed by atoms with E-state index in [9.17, 15) is 4.79 Å². The van der Waals surface area contributed by atoms with Crippen LogP contribution < -0.4 is 0 Å². The van der Waals surface area contributed by atoms with Gasteiger partial charge in [-0.3, -0.25) is 4.79 Å². The topological polar surface area (TPSA) is 56.6 Å². The lowest BCUT2D eigenvalue weighted by Crippen LogP contribution is -2.19. The summed E-state index contributed by atoms with van der Waals surface area (Å²) in [6.07, 6.45) is 0.188. The Morgan fingerprint density at radius 3 is 2.64 bits per heavy atom. The number of carbonyl (C=O) groups excluding carboxylic acids is 1. The van der Waals surface area contributed by atoms with Gasteiger partial charge in [-0.25, -0.2) is 0 Å². The Hall–Kier alpha value is -0.690. The van der Waals surface area contributed by atoms with Crippen molar-refractivity contribution in [3.8, 4) is 6.07 Å². The number of alkyl halides is 3. The molecule has 3 nitrogen and oxygen atoms in total. The maximum Gasteiger partial charge on any atom is 0.254 e. The molecule has 0 spiro atoms. The maximum atomic E-state index is 11.4. The number of nitrogens with one attached hydrogen (secondary N) is 1. The van der Waals surface area contributed by atoms with Gasteiger partial charge in [0.05, 0.1) is 18.2 Å². The minimum atomic E-state index is -1.96. The fourth-order valence-corrected chi connectivity index (χ4v) is 1.22. The molecule has 1 aromatic rings. The minimum absolute atomic E-state index is 0.188. The zero-order valence-electron chi connectivity index (χ0n) is 6.85. The van der Waals surface area contributed by atoms with Gasteiger partial charge in [0.2, 0.25) is 5.78 Å². The summed E-state index contributed by atoms with van der Waals surface area (Å²) in [5.41, 5.74) is 0.806. The van der Waals surface area contributed by atoms with Crippen molar-refractivity contribution in [1.82, 2.24) is 4.98 Å². The van der Waals surface area contributed by atoms with E-state index in [0.717, 1.165) is 0 Å². The second-order valence-electron chi connectivity index (χ2n) is 2.56. The highest BCUT2D eigenvalue weighted by atomic mass is 35.6. The number of nitrogens with zero attached hydrogens (tertiary/aromatic N) is 1. The lowest BCUT2D eigenvalue weighted by molar-refractivity contribution is 0.0992. The van der Waals surface area contributed by atoms with Gasteiger partial charge >= 0.3 is 0 Å². The number of Topliss-reactive ketones (excluding diaryl/α,β-unsaturated/α-hetero) is 1. The highest BCUT2D eigenvalue weighted by Crippen LogP contribution is 2.30. The molecule has 0 saturated heterocycles. The van der Waals surface area contributed by atoms with Gasteiger partial charge in [0, 0.05) is 5.69 Å². The molecule has 14 heavy (non-hydrogen) atoms. The Bertz CT molecular complexity index is 386. The van der Waals surface area contributed by atoms with Crippen molar-refractivity contribution in [2.24, 2.45) is 0 Å². The lowest BCUT2D eigenvalue weighted by Gasteiger charge is -2.06. The summed E-state index contributed by atoms with van der Waals surface area (Å²) in [6, 6.07) is 5.02. The molecule has 1 aromatic heterocycles. The number of rotatable bonds is 2. The first-order valence-corrected chi connectivity index (χ1v) is 4.75. The number of aromatic nitrogens is 1. The van der Waals surface area contributed by atoms with Crippen LogP contribution in [0.5, 0.6) is 0 Å². The summed E-state index contributed by atoms with van der Waals surface area (Å²) in [5.74, 6) is -0.633. The number of aromatic amines is 1. The quantitative estimate of drug-likeness (QED) is 0.649. The van der Waals surface area contributed by atoms with Gasteiger partial charge in [-0.2, -0.15) is 5.26 Å². The summed E-state index contributed by atoms with van der Waals surface area (Å²) in [5, 5.41) is 8.39. The number of ketones is 1. The third-order valence-corrected chi connectivity index (χ3v) is 2.03. The van der Waals surface area contributed by atoms with Gasteiger partial charge < -0.3 is 4.98 Å². The Morgan fingerprint density at radius 1 is 1.50 bits per heavy atom. The minimum Gasteiger partial charge on any atom is -0.355 e. The van der Waals surface area contributed by atoms with Crippen molar-refractivity contribution in [2.75, 3.05) is 0 Å². The van der Waals surface area contributed by atoms with E-state index >= 15 is 0 Å². The van der Waals surface area contributed by atoms with Gasteiger partial charge in [0.25, 0.3) is 3.79 Å². The van der Waals surface area contributed by atoms with Crippen molar-refractivity contribution in [2.45, 2.75) is 10.2 Å². The molecule has 0 bridgehead atoms. The average Bonchev–Trinajstić information content (AvgIpc) is 2.50. The van der Waals surface area contributed by atoms with Crippen molar-refractivity contribution < 1.29 is 4.79 Å². The van der Waals surface area contributed by atoms with E-state index in [2.05, 4.69) is 4.98 Å². The van der Waals surface area contributed by atoms with E-state index in [4.69, 9.17) is 40.1 Å². The van der Waals surface area contributed by atoms with Crippen LogP contribution in [0.1, 0.15) is 16.2 Å². The second-order valence-corrected chi connectivity index (χ2v) is 4.84. The molecule has 0 aliphatic carbocycles. The van der Waals surface area contributed by atoms with Gasteiger partial charge in [-0.15, -0.1) is 0 Å². The molecule has 0 radical (unpaired) electrons. The third-order valence-electron chi connectivity index (χ3n) is 1.52. The number of hydrogen-bond acceptors (Lipinski definition) is 2. The van der Waals surface area contributed by atoms with E-state index in [0.29, 0.717) is 5.69 Å². The van der Waals surface area contributed by atoms with Gasteiger partial charge in [-0.05, 0) is 12.1 Å². The molecule has 0 aliphatic rings. The van der Waals surface area contributed by atoms with Crippen LogP contribution in [0, 0.1) is 11.3 Å². The molecule has 0 unspecified atom stereocenters. The number of carbonyl (C=O) groups is 1. The largest absolute Gasteiger partial charge is 0.355 e. The van der Waals surface area contributed by atoms with Gasteiger partial charge in [-0.1, -0.05) is 34.8 Å². The van der Waals surface area contributed by atoms with E-state index < -0.39 is 9.58 Å². The zero-order chi connectivity index (χ0) is 10.8. The Morgan fingerprint density at radius 2 is 2.14 bits per heavy atom. The van der Waals surface area contributed by atoms with Crippen molar-refractivity contribution in [1.29, 1.82) is 5.26 Å². The standard InChI is InChI=1S/C8H5Cl3N2O/c9-8(10,11)7(14)6-2-1-5(13-6)3-4-12/h1-2,13H,3H2. The van der Waals surface area contributed by atoms with E-state index in [1.165, 1.54) is 6.07 Å². The molecule has 6 heteroatoms. The summed E-state index contributed by atoms with van der Waals surface area (Å²) in [6.45, 7) is 0. The van der Waals surface area contributed by atoms with Gasteiger partial charge in [0.15, 0.2) is 0 Å². The maximum absolute atomic E-state index is 11.4. The van der Waals surface area contributed by atoms with Crippen LogP contribution in [0.3, 0.4) is 0 Å². The first-order chi connectivity index (χ1) is 6.45. The highest BCUT2D eigenvalue weighted by molar-refractivity contribution is 6.77. The highest BCUT2D eigenvalue weighted by Gasteiger charge is 2.32. The first kappa shape index (κ1) is 11.4. The normalized spacial score (nSPS) is 11.0. The van der Waals surface area contributed by atoms with Crippen molar-refractivity contribution >= 4 is 40.6 Å². The average molecular weight is 252 g/mol. The molecular formula is C8H5Cl3N2O. The molecule has 0 aliphatic heterocycles. The number of hydrogen-bond donors (Lipinski definition) is 1. The second kappa shape index (κ2) is 4.22. The van der Waals surface area contributed by atoms with Crippen molar-refractivity contribution in [3.05, 3.63) is 23.5 Å². The van der Waals surface area contributed by atoms with Crippen LogP contribution in [-0.4, -0.2) is 14.6 Å². The molecule has 1 N–H and O–H groups in total. The van der Waals surface area contributed by atoms with Crippen LogP contribution in [0.4, 0.5) is 0 Å². The first-order valence-electron chi connectivity index (χ1n) is 3.61. The molecule has 0 saturated carbocycles. The van der Waals surface area contributed by atoms with E-state index in [1.807, 2.05) is 6.07 Å².